The Morgan fingerprint density at radius 3 is 2.92 bits per heavy atom. The maximum absolute atomic E-state index is 10.9. The van der Waals surface area contributed by atoms with Crippen LogP contribution in [0.15, 0.2) is 37.0 Å². The Bertz CT molecular complexity index is 235. The zero-order valence-corrected chi connectivity index (χ0v) is 7.66. The fraction of sp³-hybridized carbons (Fsp3) is 0.364. The highest BCUT2D eigenvalue weighted by Gasteiger charge is 2.26. The van der Waals surface area contributed by atoms with E-state index in [1.807, 2.05) is 12.2 Å². The lowest BCUT2D eigenvalue weighted by Gasteiger charge is -2.04. The fourth-order valence-corrected chi connectivity index (χ4v) is 1.27. The summed E-state index contributed by atoms with van der Waals surface area (Å²) in [7, 11) is 0. The van der Waals surface area contributed by atoms with Gasteiger partial charge in [0, 0.05) is 12.0 Å². The molecule has 70 valence electrons. The third kappa shape index (κ3) is 2.90. The van der Waals surface area contributed by atoms with Crippen LogP contribution in [0.1, 0.15) is 19.3 Å². The standard InChI is InChI=1S/C11H14O2/c1-3-4-5-6-7-10-8-9(2)11(12)13-10/h3-5,10H,1-2,6-8H2/b5-4+/t10-/m1/s1. The first-order valence-corrected chi connectivity index (χ1v) is 4.40. The van der Waals surface area contributed by atoms with Crippen molar-refractivity contribution in [2.75, 3.05) is 0 Å². The largest absolute Gasteiger partial charge is 0.459 e. The molecule has 0 aromatic carbocycles. The van der Waals surface area contributed by atoms with Crippen LogP contribution in [0, 0.1) is 0 Å². The van der Waals surface area contributed by atoms with E-state index in [0.717, 1.165) is 12.8 Å². The summed E-state index contributed by atoms with van der Waals surface area (Å²) in [6, 6.07) is 0. The van der Waals surface area contributed by atoms with E-state index < -0.39 is 0 Å². The molecule has 0 spiro atoms. The second-order valence-electron chi connectivity index (χ2n) is 3.08. The van der Waals surface area contributed by atoms with E-state index >= 15 is 0 Å². The maximum atomic E-state index is 10.9. The molecule has 1 atom stereocenters. The molecule has 1 heterocycles. The molecule has 0 aromatic rings. The molecule has 0 bridgehead atoms. The van der Waals surface area contributed by atoms with Crippen molar-refractivity contribution in [2.45, 2.75) is 25.4 Å². The van der Waals surface area contributed by atoms with Crippen LogP contribution in [0.5, 0.6) is 0 Å². The molecule has 1 aliphatic heterocycles. The molecule has 2 nitrogen and oxygen atoms in total. The molecular formula is C11H14O2. The Morgan fingerprint density at radius 1 is 1.62 bits per heavy atom. The minimum Gasteiger partial charge on any atom is -0.459 e. The fourth-order valence-electron chi connectivity index (χ4n) is 1.27. The highest BCUT2D eigenvalue weighted by molar-refractivity contribution is 5.89. The SMILES string of the molecule is C=C/C=C/CC[C@@H]1CC(=C)C(=O)O1. The topological polar surface area (TPSA) is 26.3 Å². The second-order valence-corrected chi connectivity index (χ2v) is 3.08. The number of rotatable bonds is 4. The monoisotopic (exact) mass is 178 g/mol. The summed E-state index contributed by atoms with van der Waals surface area (Å²) < 4.78 is 5.06. The van der Waals surface area contributed by atoms with Gasteiger partial charge in [0.1, 0.15) is 6.10 Å². The lowest BCUT2D eigenvalue weighted by molar-refractivity contribution is -0.138. The van der Waals surface area contributed by atoms with Crippen LogP contribution in [0.2, 0.25) is 0 Å². The molecule has 0 saturated carbocycles. The van der Waals surface area contributed by atoms with Crippen molar-refractivity contribution in [3.05, 3.63) is 37.0 Å². The van der Waals surface area contributed by atoms with Crippen molar-refractivity contribution in [1.82, 2.24) is 0 Å². The van der Waals surface area contributed by atoms with Crippen LogP contribution >= 0.6 is 0 Å². The van der Waals surface area contributed by atoms with Gasteiger partial charge in [0.05, 0.1) is 0 Å². The number of ether oxygens (including phenoxy) is 1. The molecule has 1 aliphatic rings. The van der Waals surface area contributed by atoms with Gasteiger partial charge in [-0.05, 0) is 12.8 Å². The van der Waals surface area contributed by atoms with Gasteiger partial charge in [-0.15, -0.1) is 0 Å². The van der Waals surface area contributed by atoms with Gasteiger partial charge in [-0.2, -0.15) is 0 Å². The van der Waals surface area contributed by atoms with Crippen LogP contribution in [0.4, 0.5) is 0 Å². The van der Waals surface area contributed by atoms with Crippen LogP contribution in [0.3, 0.4) is 0 Å². The Labute approximate surface area is 78.6 Å². The van der Waals surface area contributed by atoms with E-state index in [0.29, 0.717) is 12.0 Å². The smallest absolute Gasteiger partial charge is 0.333 e. The summed E-state index contributed by atoms with van der Waals surface area (Å²) in [5.41, 5.74) is 0.595. The van der Waals surface area contributed by atoms with Gasteiger partial charge in [0.15, 0.2) is 0 Å². The Morgan fingerprint density at radius 2 is 2.38 bits per heavy atom. The van der Waals surface area contributed by atoms with E-state index in [2.05, 4.69) is 13.2 Å². The van der Waals surface area contributed by atoms with Crippen molar-refractivity contribution in [2.24, 2.45) is 0 Å². The summed E-state index contributed by atoms with van der Waals surface area (Å²) in [6.07, 6.45) is 8.15. The average molecular weight is 178 g/mol. The van der Waals surface area contributed by atoms with Crippen molar-refractivity contribution in [3.63, 3.8) is 0 Å². The molecule has 1 rings (SSSR count). The Kier molecular flexibility index (Phi) is 3.50. The lowest BCUT2D eigenvalue weighted by atomic mass is 10.1. The quantitative estimate of drug-likeness (QED) is 0.375. The average Bonchev–Trinajstić information content (AvgIpc) is 2.41. The highest BCUT2D eigenvalue weighted by atomic mass is 16.5. The lowest BCUT2D eigenvalue weighted by Crippen LogP contribution is -2.05. The van der Waals surface area contributed by atoms with Crippen molar-refractivity contribution < 1.29 is 9.53 Å². The van der Waals surface area contributed by atoms with Gasteiger partial charge in [0.25, 0.3) is 0 Å². The molecule has 13 heavy (non-hydrogen) atoms. The van der Waals surface area contributed by atoms with Crippen molar-refractivity contribution in [3.8, 4) is 0 Å². The minimum atomic E-state index is -0.238. The number of hydrogen-bond acceptors (Lipinski definition) is 2. The van der Waals surface area contributed by atoms with E-state index in [9.17, 15) is 4.79 Å². The predicted octanol–water partition coefficient (Wildman–Crippen LogP) is 2.38. The molecule has 0 N–H and O–H groups in total. The van der Waals surface area contributed by atoms with Gasteiger partial charge in [-0.3, -0.25) is 0 Å². The number of esters is 1. The number of allylic oxidation sites excluding steroid dienone is 3. The molecule has 0 unspecified atom stereocenters. The number of carbonyl (C=O) groups excluding carboxylic acids is 1. The van der Waals surface area contributed by atoms with Crippen LogP contribution in [-0.4, -0.2) is 12.1 Å². The molecule has 2 heteroatoms. The zero-order valence-electron chi connectivity index (χ0n) is 7.66. The van der Waals surface area contributed by atoms with Gasteiger partial charge >= 0.3 is 5.97 Å². The van der Waals surface area contributed by atoms with Crippen LogP contribution in [0.25, 0.3) is 0 Å². The summed E-state index contributed by atoms with van der Waals surface area (Å²) in [5.74, 6) is -0.238. The molecule has 0 radical (unpaired) electrons. The van der Waals surface area contributed by atoms with Gasteiger partial charge in [-0.1, -0.05) is 31.4 Å². The van der Waals surface area contributed by atoms with Gasteiger partial charge < -0.3 is 4.74 Å². The molecule has 1 fully saturated rings. The molecule has 0 amide bonds. The number of carbonyl (C=O) groups is 1. The maximum Gasteiger partial charge on any atom is 0.333 e. The molecule has 1 saturated heterocycles. The number of hydrogen-bond donors (Lipinski definition) is 0. The predicted molar refractivity (Wildman–Crippen MR) is 52.2 cm³/mol. The van der Waals surface area contributed by atoms with Crippen LogP contribution < -0.4 is 0 Å². The second kappa shape index (κ2) is 4.65. The van der Waals surface area contributed by atoms with Gasteiger partial charge in [-0.25, -0.2) is 4.79 Å². The summed E-state index contributed by atoms with van der Waals surface area (Å²) in [6.45, 7) is 7.19. The third-order valence-electron chi connectivity index (χ3n) is 1.96. The molecule has 0 aromatic heterocycles. The first-order valence-electron chi connectivity index (χ1n) is 4.40. The molecular weight excluding hydrogens is 164 g/mol. The zero-order chi connectivity index (χ0) is 9.68. The first-order chi connectivity index (χ1) is 6.24. The van der Waals surface area contributed by atoms with E-state index in [-0.39, 0.29) is 12.1 Å². The normalized spacial score (nSPS) is 22.3. The van der Waals surface area contributed by atoms with Crippen LogP contribution in [-0.2, 0) is 9.53 Å². The van der Waals surface area contributed by atoms with Gasteiger partial charge in [0.2, 0.25) is 0 Å². The van der Waals surface area contributed by atoms with E-state index in [1.54, 1.807) is 6.08 Å². The highest BCUT2D eigenvalue weighted by Crippen LogP contribution is 2.22. The number of cyclic esters (lactones) is 1. The minimum absolute atomic E-state index is 0.0365. The first kappa shape index (κ1) is 9.78. The van der Waals surface area contributed by atoms with Crippen molar-refractivity contribution in [1.29, 1.82) is 0 Å². The Balaban J connectivity index is 2.24. The third-order valence-corrected chi connectivity index (χ3v) is 1.96. The Hall–Kier alpha value is -1.31. The van der Waals surface area contributed by atoms with E-state index in [4.69, 9.17) is 4.74 Å². The molecule has 0 aliphatic carbocycles. The van der Waals surface area contributed by atoms with E-state index in [1.165, 1.54) is 0 Å². The summed E-state index contributed by atoms with van der Waals surface area (Å²) in [4.78, 5) is 10.9. The summed E-state index contributed by atoms with van der Waals surface area (Å²) >= 11 is 0. The van der Waals surface area contributed by atoms with Crippen molar-refractivity contribution >= 4 is 5.97 Å². The summed E-state index contributed by atoms with van der Waals surface area (Å²) in [5, 5.41) is 0.